The molecule has 0 radical (unpaired) electrons. The maximum Gasteiger partial charge on any atom is 0.477 e. The summed E-state index contributed by atoms with van der Waals surface area (Å²) in [4.78, 5) is 24.8. The van der Waals surface area contributed by atoms with Crippen LogP contribution >= 0.6 is 11.6 Å². The van der Waals surface area contributed by atoms with Gasteiger partial charge in [-0.15, -0.1) is 0 Å². The number of nitro benzene ring substituents is 1. The Labute approximate surface area is 243 Å². The summed E-state index contributed by atoms with van der Waals surface area (Å²) in [7, 11) is 0. The number of hydrogen-bond acceptors (Lipinski definition) is 6. The second-order valence-corrected chi connectivity index (χ2v) is 10.1. The Hall–Kier alpha value is -4.02. The van der Waals surface area contributed by atoms with Gasteiger partial charge in [0.1, 0.15) is 0 Å². The van der Waals surface area contributed by atoms with Crippen LogP contribution in [0.1, 0.15) is 25.7 Å². The molecule has 0 atom stereocenters. The number of hydrogen-bond donors (Lipinski definition) is 0. The van der Waals surface area contributed by atoms with E-state index in [0.29, 0.717) is 17.5 Å². The molecule has 1 aromatic carbocycles. The van der Waals surface area contributed by atoms with Crippen molar-refractivity contribution in [2.45, 2.75) is 25.7 Å². The summed E-state index contributed by atoms with van der Waals surface area (Å²) in [6, 6.07) is 14.2. The number of non-ortho nitro benzene ring substituents is 1. The molecule has 5 heterocycles. The minimum Gasteiger partial charge on any atom is -1.00 e. The molecule has 0 unspecified atom stereocenters. The molecule has 0 N–H and O–H groups in total. The molecule has 2 aliphatic rings. The van der Waals surface area contributed by atoms with Gasteiger partial charge in [0.2, 0.25) is 0 Å². The first-order chi connectivity index (χ1) is 19.0. The van der Waals surface area contributed by atoms with Crippen molar-refractivity contribution in [1.82, 2.24) is 9.97 Å². The first-order valence-corrected chi connectivity index (χ1v) is 13.5. The molecule has 40 heavy (non-hydrogen) atoms. The SMILES string of the molecule is O=[N+]([O-])c1ccc([N-]c2nc(-[n+]3ccc(N4CCCC4)cc3)nc(-[n+]3ccc(N4CCCC4)cc3)c2Cl)cc1.[Cl-]. The van der Waals surface area contributed by atoms with Crippen LogP contribution in [0, 0.1) is 10.1 Å². The van der Waals surface area contributed by atoms with E-state index in [4.69, 9.17) is 16.6 Å². The Kier molecular flexibility index (Phi) is 8.27. The van der Waals surface area contributed by atoms with Crippen molar-refractivity contribution >= 4 is 40.2 Å². The highest BCUT2D eigenvalue weighted by molar-refractivity contribution is 6.34. The van der Waals surface area contributed by atoms with Crippen molar-refractivity contribution in [2.75, 3.05) is 36.0 Å². The van der Waals surface area contributed by atoms with E-state index < -0.39 is 4.92 Å². The molecule has 206 valence electrons. The van der Waals surface area contributed by atoms with Crippen LogP contribution in [0.3, 0.4) is 0 Å². The van der Waals surface area contributed by atoms with Crippen molar-refractivity contribution in [1.29, 1.82) is 0 Å². The number of pyridine rings is 2. The number of nitrogens with zero attached hydrogens (tertiary/aromatic N) is 8. The van der Waals surface area contributed by atoms with E-state index in [-0.39, 0.29) is 28.9 Å². The molecule has 4 aromatic rings. The smallest absolute Gasteiger partial charge is 0.477 e. The molecular weight excluding hydrogens is 551 g/mol. The van der Waals surface area contributed by atoms with Crippen LogP contribution in [0.25, 0.3) is 17.1 Å². The van der Waals surface area contributed by atoms with Gasteiger partial charge >= 0.3 is 11.8 Å². The highest BCUT2D eigenvalue weighted by Gasteiger charge is 2.27. The van der Waals surface area contributed by atoms with E-state index in [1.54, 1.807) is 12.1 Å². The van der Waals surface area contributed by atoms with Crippen LogP contribution in [-0.2, 0) is 0 Å². The van der Waals surface area contributed by atoms with E-state index in [1.807, 2.05) is 33.9 Å². The molecule has 0 saturated carbocycles. The largest absolute Gasteiger partial charge is 1.00 e. The molecule has 2 saturated heterocycles. The van der Waals surface area contributed by atoms with E-state index in [2.05, 4.69) is 44.4 Å². The van der Waals surface area contributed by atoms with Crippen LogP contribution in [-0.4, -0.2) is 41.1 Å². The van der Waals surface area contributed by atoms with Crippen molar-refractivity contribution < 1.29 is 26.5 Å². The molecular formula is C28H28Cl2N8O2. The zero-order valence-electron chi connectivity index (χ0n) is 21.7. The van der Waals surface area contributed by atoms with Crippen molar-refractivity contribution in [3.8, 4) is 11.8 Å². The van der Waals surface area contributed by atoms with Crippen LogP contribution in [0.5, 0.6) is 0 Å². The van der Waals surface area contributed by atoms with E-state index in [9.17, 15) is 10.1 Å². The van der Waals surface area contributed by atoms with Crippen LogP contribution < -0.4 is 31.3 Å². The van der Waals surface area contributed by atoms with E-state index in [0.717, 1.165) is 31.9 Å². The molecule has 10 nitrogen and oxygen atoms in total. The van der Waals surface area contributed by atoms with Crippen molar-refractivity contribution in [2.24, 2.45) is 0 Å². The van der Waals surface area contributed by atoms with Crippen molar-refractivity contribution in [3.05, 3.63) is 93.8 Å². The van der Waals surface area contributed by atoms with Gasteiger partial charge in [0, 0.05) is 66.8 Å². The highest BCUT2D eigenvalue weighted by Crippen LogP contribution is 2.36. The van der Waals surface area contributed by atoms with Gasteiger partial charge in [0.25, 0.3) is 5.69 Å². The van der Waals surface area contributed by atoms with Gasteiger partial charge in [-0.05, 0) is 43.5 Å². The summed E-state index contributed by atoms with van der Waals surface area (Å²) in [5.74, 6) is 1.18. The monoisotopic (exact) mass is 578 g/mol. The van der Waals surface area contributed by atoms with E-state index >= 15 is 0 Å². The van der Waals surface area contributed by atoms with Gasteiger partial charge < -0.3 is 27.5 Å². The number of rotatable bonds is 7. The normalized spacial score (nSPS) is 14.7. The maximum atomic E-state index is 11.1. The Balaban J connectivity index is 0.00000323. The Bertz CT molecular complexity index is 1470. The number of halogens is 2. The third kappa shape index (κ3) is 5.78. The van der Waals surface area contributed by atoms with Crippen molar-refractivity contribution in [3.63, 3.8) is 0 Å². The molecule has 2 fully saturated rings. The predicted octanol–water partition coefficient (Wildman–Crippen LogP) is 2.13. The topological polar surface area (TPSA) is 97.3 Å². The summed E-state index contributed by atoms with van der Waals surface area (Å²) >= 11 is 6.84. The third-order valence-corrected chi connectivity index (χ3v) is 7.48. The number of anilines is 2. The summed E-state index contributed by atoms with van der Waals surface area (Å²) in [6.45, 7) is 4.25. The molecule has 12 heteroatoms. The fourth-order valence-electron chi connectivity index (χ4n) is 5.03. The van der Waals surface area contributed by atoms with Gasteiger partial charge in [0.05, 0.1) is 29.7 Å². The lowest BCUT2D eigenvalue weighted by Gasteiger charge is -2.17. The van der Waals surface area contributed by atoms with Crippen LogP contribution in [0.15, 0.2) is 73.3 Å². The quantitative estimate of drug-likeness (QED) is 0.189. The first-order valence-electron chi connectivity index (χ1n) is 13.1. The Morgan fingerprint density at radius 2 is 1.27 bits per heavy atom. The summed E-state index contributed by atoms with van der Waals surface area (Å²) in [6.07, 6.45) is 12.6. The lowest BCUT2D eigenvalue weighted by atomic mass is 10.3. The average Bonchev–Trinajstić information content (AvgIpc) is 3.70. The molecule has 6 rings (SSSR count). The van der Waals surface area contributed by atoms with E-state index in [1.165, 1.54) is 43.5 Å². The summed E-state index contributed by atoms with van der Waals surface area (Å²) in [5, 5.41) is 16.0. The minimum atomic E-state index is -0.442. The Morgan fingerprint density at radius 3 is 1.77 bits per heavy atom. The highest BCUT2D eigenvalue weighted by atomic mass is 35.5. The zero-order chi connectivity index (χ0) is 26.8. The number of aromatic nitrogens is 4. The maximum absolute atomic E-state index is 11.1. The standard InChI is InChI=1S/C28H28ClN8O2.ClH/c29-25-26(30-21-5-7-24(8-6-21)37(38)39)31-28(36-19-11-23(12-20-36)34-15-3-4-16-34)32-27(25)35-17-9-22(10-18-35)33-13-1-2-14-33;/h5-12,17-20H,1-4,13-16H2;1H/q+1;/p-1. The molecule has 0 aliphatic carbocycles. The second-order valence-electron chi connectivity index (χ2n) is 9.69. The molecule has 2 aliphatic heterocycles. The van der Waals surface area contributed by atoms with Gasteiger partial charge in [-0.2, -0.15) is 4.57 Å². The molecule has 0 spiro atoms. The zero-order valence-corrected chi connectivity index (χ0v) is 23.2. The van der Waals surface area contributed by atoms with Gasteiger partial charge in [-0.1, -0.05) is 28.7 Å². The van der Waals surface area contributed by atoms with Gasteiger partial charge in [0.15, 0.2) is 10.8 Å². The average molecular weight is 579 g/mol. The first kappa shape index (κ1) is 27.5. The predicted molar refractivity (Wildman–Crippen MR) is 149 cm³/mol. The van der Waals surface area contributed by atoms with Gasteiger partial charge in [-0.25, -0.2) is 4.57 Å². The fraction of sp³-hybridized carbons (Fsp3) is 0.286. The lowest BCUT2D eigenvalue weighted by Crippen LogP contribution is -3.00. The van der Waals surface area contributed by atoms with Gasteiger partial charge in [-0.3, -0.25) is 10.1 Å². The number of nitro groups is 1. The molecule has 3 aromatic heterocycles. The second kappa shape index (κ2) is 12.0. The van der Waals surface area contributed by atoms with Crippen LogP contribution in [0.2, 0.25) is 5.02 Å². The number of benzene rings is 1. The summed E-state index contributed by atoms with van der Waals surface area (Å²) in [5.41, 5.74) is 2.82. The minimum absolute atomic E-state index is 0. The third-order valence-electron chi connectivity index (χ3n) is 7.14. The Morgan fingerprint density at radius 1 is 0.775 bits per heavy atom. The molecule has 0 amide bonds. The summed E-state index contributed by atoms with van der Waals surface area (Å²) < 4.78 is 3.70. The van der Waals surface area contributed by atoms with Crippen LogP contribution in [0.4, 0.5) is 28.6 Å². The fourth-order valence-corrected chi connectivity index (χ4v) is 5.25. The lowest BCUT2D eigenvalue weighted by molar-refractivity contribution is -0.614. The molecule has 0 bridgehead atoms.